The summed E-state index contributed by atoms with van der Waals surface area (Å²) in [5, 5.41) is 13.8. The zero-order valence-electron chi connectivity index (χ0n) is 15.1. The van der Waals surface area contributed by atoms with Gasteiger partial charge >= 0.3 is 6.09 Å². The number of anilines is 1. The standard InChI is InChI=1S/C21H17F2N3O3/c22-17-5-4-13(10-18(17)23)11-19(26-21(28)29)20(27)25-16-3-1-2-15(12-16)14-6-8-24-9-7-14/h1-10,12,19,26H,11H2,(H,25,27)(H,28,29)/t19-/m0/s1. The molecule has 3 N–H and O–H groups in total. The predicted molar refractivity (Wildman–Crippen MR) is 103 cm³/mol. The van der Waals surface area contributed by atoms with Crippen molar-refractivity contribution in [1.29, 1.82) is 0 Å². The van der Waals surface area contributed by atoms with E-state index in [4.69, 9.17) is 5.11 Å². The highest BCUT2D eigenvalue weighted by atomic mass is 19.2. The zero-order valence-corrected chi connectivity index (χ0v) is 15.1. The van der Waals surface area contributed by atoms with E-state index in [1.165, 1.54) is 6.07 Å². The molecule has 29 heavy (non-hydrogen) atoms. The highest BCUT2D eigenvalue weighted by Crippen LogP contribution is 2.22. The minimum absolute atomic E-state index is 0.140. The molecule has 0 aliphatic rings. The van der Waals surface area contributed by atoms with E-state index in [0.29, 0.717) is 5.69 Å². The van der Waals surface area contributed by atoms with Crippen molar-refractivity contribution in [2.75, 3.05) is 5.32 Å². The number of aromatic nitrogens is 1. The van der Waals surface area contributed by atoms with Gasteiger partial charge in [-0.15, -0.1) is 0 Å². The highest BCUT2D eigenvalue weighted by Gasteiger charge is 2.22. The Labute approximate surface area is 165 Å². The topological polar surface area (TPSA) is 91.3 Å². The van der Waals surface area contributed by atoms with Gasteiger partial charge < -0.3 is 15.7 Å². The molecule has 0 radical (unpaired) electrons. The van der Waals surface area contributed by atoms with Crippen molar-refractivity contribution in [1.82, 2.24) is 10.3 Å². The maximum atomic E-state index is 13.4. The van der Waals surface area contributed by atoms with Crippen LogP contribution in [0.5, 0.6) is 0 Å². The molecule has 0 saturated carbocycles. The summed E-state index contributed by atoms with van der Waals surface area (Å²) in [6, 6.07) is 12.6. The Kier molecular flexibility index (Phi) is 6.13. The van der Waals surface area contributed by atoms with E-state index in [-0.39, 0.29) is 12.0 Å². The van der Waals surface area contributed by atoms with E-state index in [1.807, 2.05) is 18.2 Å². The van der Waals surface area contributed by atoms with Gasteiger partial charge in [-0.05, 0) is 53.1 Å². The number of nitrogens with one attached hydrogen (secondary N) is 2. The highest BCUT2D eigenvalue weighted by molar-refractivity contribution is 5.97. The second kappa shape index (κ2) is 8.92. The van der Waals surface area contributed by atoms with Gasteiger partial charge in [-0.1, -0.05) is 18.2 Å². The summed E-state index contributed by atoms with van der Waals surface area (Å²) in [4.78, 5) is 27.7. The number of benzene rings is 2. The molecule has 0 aliphatic carbocycles. The Morgan fingerprint density at radius 3 is 2.41 bits per heavy atom. The normalized spacial score (nSPS) is 11.5. The van der Waals surface area contributed by atoms with E-state index >= 15 is 0 Å². The Bertz CT molecular complexity index is 1030. The molecule has 2 amide bonds. The van der Waals surface area contributed by atoms with E-state index in [0.717, 1.165) is 23.3 Å². The van der Waals surface area contributed by atoms with Gasteiger partial charge in [-0.2, -0.15) is 0 Å². The Morgan fingerprint density at radius 2 is 1.72 bits per heavy atom. The molecule has 0 unspecified atom stereocenters. The van der Waals surface area contributed by atoms with Gasteiger partial charge in [0.05, 0.1) is 0 Å². The van der Waals surface area contributed by atoms with Crippen LogP contribution >= 0.6 is 0 Å². The lowest BCUT2D eigenvalue weighted by molar-refractivity contribution is -0.118. The number of carboxylic acid groups (broad SMARTS) is 1. The summed E-state index contributed by atoms with van der Waals surface area (Å²) in [6.07, 6.45) is 1.75. The van der Waals surface area contributed by atoms with Gasteiger partial charge in [0.15, 0.2) is 11.6 Å². The molecule has 148 valence electrons. The molecule has 0 spiro atoms. The van der Waals surface area contributed by atoms with E-state index in [2.05, 4.69) is 15.6 Å². The minimum atomic E-state index is -1.40. The van der Waals surface area contributed by atoms with Crippen LogP contribution < -0.4 is 10.6 Å². The third-order valence-corrected chi connectivity index (χ3v) is 4.18. The number of rotatable bonds is 6. The Hall–Kier alpha value is -3.81. The van der Waals surface area contributed by atoms with Crippen molar-refractivity contribution in [3.63, 3.8) is 0 Å². The van der Waals surface area contributed by atoms with Crippen molar-refractivity contribution >= 4 is 17.7 Å². The second-order valence-corrected chi connectivity index (χ2v) is 6.26. The van der Waals surface area contributed by atoms with Crippen LogP contribution in [-0.4, -0.2) is 28.1 Å². The summed E-state index contributed by atoms with van der Waals surface area (Å²) < 4.78 is 26.5. The monoisotopic (exact) mass is 397 g/mol. The lowest BCUT2D eigenvalue weighted by Gasteiger charge is -2.17. The third kappa shape index (κ3) is 5.35. The summed E-state index contributed by atoms with van der Waals surface area (Å²) in [5.74, 6) is -2.71. The molecule has 0 aliphatic heterocycles. The molecular formula is C21H17F2N3O3. The third-order valence-electron chi connectivity index (χ3n) is 4.18. The van der Waals surface area contributed by atoms with Crippen LogP contribution in [0.25, 0.3) is 11.1 Å². The average Bonchev–Trinajstić information content (AvgIpc) is 2.71. The average molecular weight is 397 g/mol. The molecule has 0 bridgehead atoms. The van der Waals surface area contributed by atoms with E-state index < -0.39 is 29.7 Å². The maximum absolute atomic E-state index is 13.4. The van der Waals surface area contributed by atoms with Gasteiger partial charge in [0.25, 0.3) is 0 Å². The van der Waals surface area contributed by atoms with Crippen molar-refractivity contribution in [3.8, 4) is 11.1 Å². The number of carbonyl (C=O) groups is 2. The Balaban J connectivity index is 1.78. The number of carbonyl (C=O) groups excluding carboxylic acids is 1. The first-order valence-corrected chi connectivity index (χ1v) is 8.67. The number of hydrogen-bond donors (Lipinski definition) is 3. The van der Waals surface area contributed by atoms with Crippen LogP contribution in [0.3, 0.4) is 0 Å². The summed E-state index contributed by atoms with van der Waals surface area (Å²) in [7, 11) is 0. The van der Waals surface area contributed by atoms with Crippen LogP contribution in [-0.2, 0) is 11.2 Å². The number of amides is 2. The maximum Gasteiger partial charge on any atom is 0.405 e. The van der Waals surface area contributed by atoms with E-state index in [1.54, 1.807) is 30.6 Å². The molecule has 8 heteroatoms. The molecule has 0 saturated heterocycles. The lowest BCUT2D eigenvalue weighted by atomic mass is 10.0. The molecule has 6 nitrogen and oxygen atoms in total. The largest absolute Gasteiger partial charge is 0.465 e. The van der Waals surface area contributed by atoms with Crippen LogP contribution in [0.15, 0.2) is 67.0 Å². The first-order chi connectivity index (χ1) is 13.9. The first kappa shape index (κ1) is 19.9. The quantitative estimate of drug-likeness (QED) is 0.589. The molecule has 1 heterocycles. The number of pyridine rings is 1. The first-order valence-electron chi connectivity index (χ1n) is 8.67. The summed E-state index contributed by atoms with van der Waals surface area (Å²) in [6.45, 7) is 0. The van der Waals surface area contributed by atoms with Crippen LogP contribution in [0.4, 0.5) is 19.3 Å². The molecule has 1 aromatic heterocycles. The molecule has 1 atom stereocenters. The van der Waals surface area contributed by atoms with Gasteiger partial charge in [0.1, 0.15) is 6.04 Å². The fourth-order valence-electron chi connectivity index (χ4n) is 2.81. The summed E-state index contributed by atoms with van der Waals surface area (Å²) >= 11 is 0. The molecule has 2 aromatic carbocycles. The predicted octanol–water partition coefficient (Wildman–Crippen LogP) is 3.84. The number of nitrogens with zero attached hydrogens (tertiary/aromatic N) is 1. The second-order valence-electron chi connectivity index (χ2n) is 6.26. The van der Waals surface area contributed by atoms with Crippen molar-refractivity contribution < 1.29 is 23.5 Å². The van der Waals surface area contributed by atoms with Crippen LogP contribution in [0.2, 0.25) is 0 Å². The van der Waals surface area contributed by atoms with Crippen molar-refractivity contribution in [2.45, 2.75) is 12.5 Å². The molecule has 3 aromatic rings. The van der Waals surface area contributed by atoms with Gasteiger partial charge in [0.2, 0.25) is 5.91 Å². The Morgan fingerprint density at radius 1 is 0.966 bits per heavy atom. The summed E-state index contributed by atoms with van der Waals surface area (Å²) in [5.41, 5.74) is 2.49. The SMILES string of the molecule is O=C(O)N[C@@H](Cc1ccc(F)c(F)c1)C(=O)Nc1cccc(-c2ccncc2)c1. The van der Waals surface area contributed by atoms with Crippen molar-refractivity contribution in [3.05, 3.63) is 84.2 Å². The van der Waals surface area contributed by atoms with Crippen molar-refractivity contribution in [2.24, 2.45) is 0 Å². The lowest BCUT2D eigenvalue weighted by Crippen LogP contribution is -2.44. The molecule has 0 fully saturated rings. The minimum Gasteiger partial charge on any atom is -0.465 e. The van der Waals surface area contributed by atoms with Crippen LogP contribution in [0, 0.1) is 11.6 Å². The molecule has 3 rings (SSSR count). The van der Waals surface area contributed by atoms with Crippen LogP contribution in [0.1, 0.15) is 5.56 Å². The fraction of sp³-hybridized carbons (Fsp3) is 0.0952. The zero-order chi connectivity index (χ0) is 20.8. The van der Waals surface area contributed by atoms with Gasteiger partial charge in [-0.25, -0.2) is 13.6 Å². The smallest absolute Gasteiger partial charge is 0.405 e. The fourth-order valence-corrected chi connectivity index (χ4v) is 2.81. The van der Waals surface area contributed by atoms with E-state index in [9.17, 15) is 18.4 Å². The number of halogens is 2. The van der Waals surface area contributed by atoms with Gasteiger partial charge in [0, 0.05) is 24.5 Å². The molecular weight excluding hydrogens is 380 g/mol. The van der Waals surface area contributed by atoms with Gasteiger partial charge in [-0.3, -0.25) is 9.78 Å². The number of hydrogen-bond acceptors (Lipinski definition) is 3.